The maximum Gasteiger partial charge on any atom is 0.234 e. The molecule has 31 heavy (non-hydrogen) atoms. The number of pyridine rings is 1. The van der Waals surface area contributed by atoms with Crippen LogP contribution in [-0.4, -0.2) is 54.1 Å². The molecule has 2 aromatic heterocycles. The minimum absolute atomic E-state index is 0.0208. The lowest BCUT2D eigenvalue weighted by Gasteiger charge is -2.37. The molecule has 4 heterocycles. The molecule has 1 fully saturated rings. The van der Waals surface area contributed by atoms with Crippen LogP contribution < -0.4 is 10.2 Å². The third-order valence-corrected chi connectivity index (χ3v) is 6.00. The Kier molecular flexibility index (Phi) is 5.99. The molecule has 0 saturated carbocycles. The Morgan fingerprint density at radius 1 is 1.29 bits per heavy atom. The first-order chi connectivity index (χ1) is 14.9. The van der Waals surface area contributed by atoms with E-state index in [1.165, 1.54) is 0 Å². The van der Waals surface area contributed by atoms with Crippen molar-refractivity contribution in [2.24, 2.45) is 0 Å². The molecule has 0 aromatic carbocycles. The molecule has 2 aliphatic heterocycles. The molecule has 1 amide bonds. The lowest BCUT2D eigenvalue weighted by atomic mass is 9.88. The molecular weight excluding hydrogens is 394 g/mol. The average Bonchev–Trinajstić information content (AvgIpc) is 3.25. The predicted molar refractivity (Wildman–Crippen MR) is 115 cm³/mol. The zero-order valence-corrected chi connectivity index (χ0v) is 18.4. The number of furan rings is 1. The fourth-order valence-corrected chi connectivity index (χ4v) is 4.24. The van der Waals surface area contributed by atoms with Crippen LogP contribution in [0.1, 0.15) is 42.0 Å². The van der Waals surface area contributed by atoms with Crippen LogP contribution in [0.3, 0.4) is 0 Å². The zero-order valence-electron chi connectivity index (χ0n) is 18.4. The fourth-order valence-electron chi connectivity index (χ4n) is 4.24. The zero-order chi connectivity index (χ0) is 22.0. The minimum atomic E-state index is -0.286. The van der Waals surface area contributed by atoms with Gasteiger partial charge in [0.15, 0.2) is 0 Å². The number of carbonyl (C=O) groups excluding carboxylic acids is 1. The molecule has 0 aliphatic carbocycles. The normalized spacial score (nSPS) is 18.3. The van der Waals surface area contributed by atoms with Crippen molar-refractivity contribution in [3.63, 3.8) is 0 Å². The van der Waals surface area contributed by atoms with Crippen LogP contribution in [0.4, 0.5) is 5.82 Å². The van der Waals surface area contributed by atoms with Gasteiger partial charge < -0.3 is 19.4 Å². The van der Waals surface area contributed by atoms with Crippen molar-refractivity contribution >= 4 is 11.7 Å². The van der Waals surface area contributed by atoms with Crippen molar-refractivity contribution in [1.82, 2.24) is 15.2 Å². The number of fused-ring (bicyclic) bond motifs is 1. The van der Waals surface area contributed by atoms with Gasteiger partial charge in [0.1, 0.15) is 17.6 Å². The van der Waals surface area contributed by atoms with Crippen LogP contribution in [0.15, 0.2) is 22.8 Å². The maximum absolute atomic E-state index is 12.2. The molecule has 4 rings (SSSR count). The van der Waals surface area contributed by atoms with Crippen LogP contribution in [0.2, 0.25) is 0 Å². The Morgan fingerprint density at radius 3 is 2.74 bits per heavy atom. The van der Waals surface area contributed by atoms with Crippen LogP contribution in [-0.2, 0) is 29.1 Å². The average molecular weight is 424 g/mol. The second-order valence-corrected chi connectivity index (χ2v) is 8.81. The summed E-state index contributed by atoms with van der Waals surface area (Å²) in [5.41, 5.74) is 3.43. The van der Waals surface area contributed by atoms with E-state index >= 15 is 0 Å². The number of nitriles is 1. The molecule has 0 bridgehead atoms. The summed E-state index contributed by atoms with van der Waals surface area (Å²) in [6, 6.07) is 6.06. The molecule has 164 valence electrons. The number of aryl methyl sites for hydroxylation is 1. The first kappa shape index (κ1) is 21.3. The summed E-state index contributed by atoms with van der Waals surface area (Å²) in [7, 11) is 0. The summed E-state index contributed by atoms with van der Waals surface area (Å²) in [5, 5.41) is 12.8. The largest absolute Gasteiger partial charge is 0.467 e. The number of nitrogens with zero attached hydrogens (tertiary/aromatic N) is 4. The van der Waals surface area contributed by atoms with E-state index in [0.717, 1.165) is 54.6 Å². The molecular formula is C23H29N5O3. The SMILES string of the molecule is Cc1nc(N2CCN(CC(=O)NCc3ccco3)CC2)c(C#N)c2c1COC(C)(C)C2. The lowest BCUT2D eigenvalue weighted by Crippen LogP contribution is -2.50. The monoisotopic (exact) mass is 423 g/mol. The highest BCUT2D eigenvalue weighted by atomic mass is 16.5. The molecule has 0 unspecified atom stereocenters. The number of hydrogen-bond donors (Lipinski definition) is 1. The fraction of sp³-hybridized carbons (Fsp3) is 0.522. The van der Waals surface area contributed by atoms with E-state index in [-0.39, 0.29) is 11.5 Å². The summed E-state index contributed by atoms with van der Waals surface area (Å²) < 4.78 is 11.2. The van der Waals surface area contributed by atoms with E-state index in [1.807, 2.05) is 13.0 Å². The molecule has 2 aromatic rings. The molecule has 2 aliphatic rings. The number of piperazine rings is 1. The Morgan fingerprint density at radius 2 is 2.06 bits per heavy atom. The summed E-state index contributed by atoms with van der Waals surface area (Å²) in [6.07, 6.45) is 2.30. The van der Waals surface area contributed by atoms with Gasteiger partial charge in [-0.1, -0.05) is 0 Å². The van der Waals surface area contributed by atoms with Crippen LogP contribution in [0.5, 0.6) is 0 Å². The number of ether oxygens (including phenoxy) is 1. The van der Waals surface area contributed by atoms with Gasteiger partial charge in [0.05, 0.1) is 37.1 Å². The Bertz CT molecular complexity index is 986. The van der Waals surface area contributed by atoms with Crippen molar-refractivity contribution in [2.75, 3.05) is 37.6 Å². The number of nitrogens with one attached hydrogen (secondary N) is 1. The molecule has 0 spiro atoms. The summed E-state index contributed by atoms with van der Waals surface area (Å²) >= 11 is 0. The Hall–Kier alpha value is -2.89. The first-order valence-electron chi connectivity index (χ1n) is 10.7. The van der Waals surface area contributed by atoms with E-state index in [1.54, 1.807) is 12.3 Å². The topological polar surface area (TPSA) is 94.6 Å². The highest BCUT2D eigenvalue weighted by molar-refractivity contribution is 5.78. The molecule has 8 heteroatoms. The predicted octanol–water partition coefficient (Wildman–Crippen LogP) is 2.14. The van der Waals surface area contributed by atoms with E-state index in [2.05, 4.69) is 35.0 Å². The van der Waals surface area contributed by atoms with Crippen LogP contribution in [0.25, 0.3) is 0 Å². The third-order valence-electron chi connectivity index (χ3n) is 6.00. The van der Waals surface area contributed by atoms with Gasteiger partial charge in [-0.2, -0.15) is 5.26 Å². The van der Waals surface area contributed by atoms with Gasteiger partial charge in [-0.25, -0.2) is 4.98 Å². The molecule has 0 radical (unpaired) electrons. The van der Waals surface area contributed by atoms with Crippen molar-refractivity contribution < 1.29 is 13.9 Å². The minimum Gasteiger partial charge on any atom is -0.467 e. The smallest absolute Gasteiger partial charge is 0.234 e. The van der Waals surface area contributed by atoms with Gasteiger partial charge in [0, 0.05) is 43.9 Å². The van der Waals surface area contributed by atoms with Gasteiger partial charge in [0.2, 0.25) is 5.91 Å². The van der Waals surface area contributed by atoms with Crippen molar-refractivity contribution in [2.45, 2.75) is 45.9 Å². The molecule has 8 nitrogen and oxygen atoms in total. The van der Waals surface area contributed by atoms with Gasteiger partial charge in [-0.15, -0.1) is 0 Å². The number of anilines is 1. The van der Waals surface area contributed by atoms with E-state index < -0.39 is 0 Å². The van der Waals surface area contributed by atoms with Gasteiger partial charge in [0.25, 0.3) is 0 Å². The molecule has 1 N–H and O–H groups in total. The second-order valence-electron chi connectivity index (χ2n) is 8.81. The maximum atomic E-state index is 12.2. The van der Waals surface area contributed by atoms with Gasteiger partial charge in [-0.3, -0.25) is 9.69 Å². The van der Waals surface area contributed by atoms with Crippen LogP contribution in [0, 0.1) is 18.3 Å². The van der Waals surface area contributed by atoms with Crippen molar-refractivity contribution in [3.05, 3.63) is 46.5 Å². The Balaban J connectivity index is 1.40. The summed E-state index contributed by atoms with van der Waals surface area (Å²) in [4.78, 5) is 21.3. The number of carbonyl (C=O) groups is 1. The molecule has 0 atom stereocenters. The summed E-state index contributed by atoms with van der Waals surface area (Å²) in [5.74, 6) is 1.48. The number of amides is 1. The van der Waals surface area contributed by atoms with Gasteiger partial charge >= 0.3 is 0 Å². The van der Waals surface area contributed by atoms with E-state index in [0.29, 0.717) is 31.7 Å². The van der Waals surface area contributed by atoms with E-state index in [4.69, 9.17) is 14.1 Å². The standard InChI is InChI=1S/C23H29N5O3/c1-16-20-15-31-23(2,3)11-18(20)19(12-24)22(26-16)28-8-6-27(7-9-28)14-21(29)25-13-17-5-4-10-30-17/h4-5,10H,6-9,11,13-15H2,1-3H3,(H,25,29). The van der Waals surface area contributed by atoms with E-state index in [9.17, 15) is 10.1 Å². The number of aromatic nitrogens is 1. The summed E-state index contributed by atoms with van der Waals surface area (Å²) in [6.45, 7) is 10.3. The third kappa shape index (κ3) is 4.73. The lowest BCUT2D eigenvalue weighted by molar-refractivity contribution is -0.122. The second kappa shape index (κ2) is 8.69. The first-order valence-corrected chi connectivity index (χ1v) is 10.7. The number of rotatable bonds is 5. The van der Waals surface area contributed by atoms with Crippen LogP contribution >= 0.6 is 0 Å². The molecule has 1 saturated heterocycles. The van der Waals surface area contributed by atoms with Gasteiger partial charge in [-0.05, 0) is 38.5 Å². The Labute approximate surface area is 182 Å². The number of hydrogen-bond acceptors (Lipinski definition) is 7. The quantitative estimate of drug-likeness (QED) is 0.787. The van der Waals surface area contributed by atoms with Crippen molar-refractivity contribution in [1.29, 1.82) is 5.26 Å². The highest BCUT2D eigenvalue weighted by Gasteiger charge is 2.32. The highest BCUT2D eigenvalue weighted by Crippen LogP contribution is 2.35. The van der Waals surface area contributed by atoms with Crippen molar-refractivity contribution in [3.8, 4) is 6.07 Å².